The average molecular weight is 490 g/mol. The van der Waals surface area contributed by atoms with Crippen molar-refractivity contribution in [3.05, 3.63) is 51.1 Å². The van der Waals surface area contributed by atoms with Crippen molar-refractivity contribution >= 4 is 49.1 Å². The van der Waals surface area contributed by atoms with E-state index >= 15 is 0 Å². The molecule has 1 fully saturated rings. The van der Waals surface area contributed by atoms with E-state index in [1.54, 1.807) is 15.9 Å². The van der Waals surface area contributed by atoms with Crippen molar-refractivity contribution in [2.45, 2.75) is 43.3 Å². The van der Waals surface area contributed by atoms with Gasteiger partial charge in [-0.05, 0) is 49.8 Å². The van der Waals surface area contributed by atoms with Crippen LogP contribution in [0.3, 0.4) is 0 Å². The zero-order valence-corrected chi connectivity index (χ0v) is 19.8. The third-order valence-electron chi connectivity index (χ3n) is 5.90. The molecule has 1 amide bonds. The molecule has 168 valence electrons. The lowest BCUT2D eigenvalue weighted by molar-refractivity contribution is -0.119. The Morgan fingerprint density at radius 1 is 1.22 bits per heavy atom. The number of thioether (sulfide) groups is 1. The van der Waals surface area contributed by atoms with E-state index in [0.717, 1.165) is 36.1 Å². The smallest absolute Gasteiger partial charge is 0.267 e. The zero-order chi connectivity index (χ0) is 22.3. The van der Waals surface area contributed by atoms with Gasteiger partial charge in [-0.3, -0.25) is 14.2 Å². The Morgan fingerprint density at radius 2 is 2.00 bits per heavy atom. The number of benzene rings is 1. The number of nitrogens with zero attached hydrogens (tertiary/aromatic N) is 2. The van der Waals surface area contributed by atoms with Gasteiger partial charge in [-0.25, -0.2) is 13.4 Å². The second-order valence-electron chi connectivity index (χ2n) is 8.22. The number of fused-ring (bicyclic) bond motifs is 3. The summed E-state index contributed by atoms with van der Waals surface area (Å²) < 4.78 is 24.9. The van der Waals surface area contributed by atoms with Gasteiger partial charge in [0.2, 0.25) is 5.91 Å². The first-order chi connectivity index (χ1) is 15.4. The standard InChI is InChI=1S/C22H23N3O4S3/c26-18(23-14-10-11-32(28,29)13-14)12-30-22-24-20-19(16-8-4-5-9-17(16)31-20)21(27)25(22)15-6-2-1-3-7-15/h1-3,6-7,14H,4-5,8-13H2,(H,23,26). The van der Waals surface area contributed by atoms with Gasteiger partial charge in [-0.2, -0.15) is 0 Å². The molecule has 2 aromatic heterocycles. The van der Waals surface area contributed by atoms with E-state index in [1.165, 1.54) is 16.6 Å². The maximum atomic E-state index is 13.6. The fourth-order valence-corrected chi connectivity index (χ4v) is 8.20. The number of aromatic nitrogens is 2. The summed E-state index contributed by atoms with van der Waals surface area (Å²) in [5, 5.41) is 3.98. The largest absolute Gasteiger partial charge is 0.352 e. The lowest BCUT2D eigenvalue weighted by atomic mass is 9.97. The molecule has 32 heavy (non-hydrogen) atoms. The van der Waals surface area contributed by atoms with Crippen LogP contribution in [-0.4, -0.2) is 47.2 Å². The summed E-state index contributed by atoms with van der Waals surface area (Å²) in [6.45, 7) is 0. The molecule has 0 spiro atoms. The van der Waals surface area contributed by atoms with E-state index in [9.17, 15) is 18.0 Å². The van der Waals surface area contributed by atoms with Crippen LogP contribution >= 0.6 is 23.1 Å². The fraction of sp³-hybridized carbons (Fsp3) is 0.409. The summed E-state index contributed by atoms with van der Waals surface area (Å²) in [5.74, 6) is -0.0911. The molecule has 1 aliphatic carbocycles. The van der Waals surface area contributed by atoms with Crippen molar-refractivity contribution in [2.75, 3.05) is 17.3 Å². The van der Waals surface area contributed by atoms with E-state index in [4.69, 9.17) is 4.98 Å². The molecule has 1 saturated heterocycles. The topological polar surface area (TPSA) is 98.1 Å². The van der Waals surface area contributed by atoms with Crippen molar-refractivity contribution in [1.29, 1.82) is 0 Å². The van der Waals surface area contributed by atoms with Gasteiger partial charge in [0.25, 0.3) is 5.56 Å². The molecule has 1 atom stereocenters. The second kappa shape index (κ2) is 8.64. The molecule has 0 radical (unpaired) electrons. The van der Waals surface area contributed by atoms with E-state index in [-0.39, 0.29) is 34.8 Å². The molecular formula is C22H23N3O4S3. The normalized spacial score (nSPS) is 19.7. The second-order valence-corrected chi connectivity index (χ2v) is 12.5. The zero-order valence-electron chi connectivity index (χ0n) is 17.4. The van der Waals surface area contributed by atoms with Gasteiger partial charge >= 0.3 is 0 Å². The maximum Gasteiger partial charge on any atom is 0.267 e. The molecule has 7 nitrogen and oxygen atoms in total. The molecule has 10 heteroatoms. The minimum Gasteiger partial charge on any atom is -0.352 e. The van der Waals surface area contributed by atoms with Crippen LogP contribution in [0, 0.1) is 0 Å². The predicted octanol–water partition coefficient (Wildman–Crippen LogP) is 2.72. The molecule has 1 unspecified atom stereocenters. The van der Waals surface area contributed by atoms with Gasteiger partial charge in [0.05, 0.1) is 28.3 Å². The van der Waals surface area contributed by atoms with Crippen LogP contribution in [0.2, 0.25) is 0 Å². The quantitative estimate of drug-likeness (QED) is 0.437. The molecule has 3 heterocycles. The molecule has 1 aliphatic heterocycles. The van der Waals surface area contributed by atoms with E-state index in [1.807, 2.05) is 30.3 Å². The van der Waals surface area contributed by atoms with Gasteiger partial charge in [-0.15, -0.1) is 11.3 Å². The summed E-state index contributed by atoms with van der Waals surface area (Å²) in [6.07, 6.45) is 4.54. The first kappa shape index (κ1) is 21.7. The first-order valence-electron chi connectivity index (χ1n) is 10.7. The summed E-state index contributed by atoms with van der Waals surface area (Å²) in [4.78, 5) is 32.9. The van der Waals surface area contributed by atoms with Crippen molar-refractivity contribution in [3.8, 4) is 5.69 Å². The van der Waals surface area contributed by atoms with Gasteiger partial charge in [0.15, 0.2) is 15.0 Å². The number of hydrogen-bond acceptors (Lipinski definition) is 7. The molecular weight excluding hydrogens is 466 g/mol. The van der Waals surface area contributed by atoms with Crippen LogP contribution in [0.1, 0.15) is 29.7 Å². The number of para-hydroxylation sites is 1. The van der Waals surface area contributed by atoms with Crippen LogP contribution in [0.5, 0.6) is 0 Å². The van der Waals surface area contributed by atoms with Gasteiger partial charge in [0.1, 0.15) is 4.83 Å². The van der Waals surface area contributed by atoms with Crippen LogP contribution in [0.4, 0.5) is 0 Å². The number of sulfone groups is 1. The SMILES string of the molecule is O=C(CSc1nc2sc3c(c2c(=O)n1-c1ccccc1)CCCC3)NC1CCS(=O)(=O)C1. The number of aryl methyl sites for hydroxylation is 2. The highest BCUT2D eigenvalue weighted by molar-refractivity contribution is 7.99. The minimum absolute atomic E-state index is 0.0108. The number of carbonyl (C=O) groups excluding carboxylic acids is 1. The molecule has 0 saturated carbocycles. The first-order valence-corrected chi connectivity index (χ1v) is 14.3. The molecule has 5 rings (SSSR count). The number of nitrogens with one attached hydrogen (secondary N) is 1. The van der Waals surface area contributed by atoms with Crippen molar-refractivity contribution in [3.63, 3.8) is 0 Å². The Bertz CT molecular complexity index is 1350. The van der Waals surface area contributed by atoms with Crippen molar-refractivity contribution in [2.24, 2.45) is 0 Å². The van der Waals surface area contributed by atoms with Crippen molar-refractivity contribution in [1.82, 2.24) is 14.9 Å². The van der Waals surface area contributed by atoms with Crippen LogP contribution in [0.25, 0.3) is 15.9 Å². The highest BCUT2D eigenvalue weighted by Gasteiger charge is 2.29. The summed E-state index contributed by atoms with van der Waals surface area (Å²) in [5.41, 5.74) is 1.76. The van der Waals surface area contributed by atoms with E-state index in [2.05, 4.69) is 5.32 Å². The summed E-state index contributed by atoms with van der Waals surface area (Å²) >= 11 is 2.79. The van der Waals surface area contributed by atoms with Crippen LogP contribution < -0.4 is 10.9 Å². The molecule has 0 bridgehead atoms. The highest BCUT2D eigenvalue weighted by Crippen LogP contribution is 2.35. The number of hydrogen-bond donors (Lipinski definition) is 1. The molecule has 1 aromatic carbocycles. The summed E-state index contributed by atoms with van der Waals surface area (Å²) in [6, 6.07) is 9.02. The van der Waals surface area contributed by atoms with Gasteiger partial charge < -0.3 is 5.32 Å². The number of carbonyl (C=O) groups is 1. The Kier molecular flexibility index (Phi) is 5.85. The number of amides is 1. The lowest BCUT2D eigenvalue weighted by Gasteiger charge is -2.14. The predicted molar refractivity (Wildman–Crippen MR) is 128 cm³/mol. The summed E-state index contributed by atoms with van der Waals surface area (Å²) in [7, 11) is -3.06. The third kappa shape index (κ3) is 4.23. The Labute approximate surface area is 194 Å². The van der Waals surface area contributed by atoms with Gasteiger partial charge in [-0.1, -0.05) is 30.0 Å². The fourth-order valence-electron chi connectivity index (χ4n) is 4.40. The average Bonchev–Trinajstić information content (AvgIpc) is 3.32. The Morgan fingerprint density at radius 3 is 2.75 bits per heavy atom. The molecule has 3 aromatic rings. The van der Waals surface area contributed by atoms with Crippen LogP contribution in [-0.2, 0) is 27.5 Å². The van der Waals surface area contributed by atoms with E-state index < -0.39 is 9.84 Å². The maximum absolute atomic E-state index is 13.6. The number of thiophene rings is 1. The Balaban J connectivity index is 1.48. The number of rotatable bonds is 5. The monoisotopic (exact) mass is 489 g/mol. The minimum atomic E-state index is -3.06. The van der Waals surface area contributed by atoms with Crippen LogP contribution in [0.15, 0.2) is 40.3 Å². The van der Waals surface area contributed by atoms with Crippen molar-refractivity contribution < 1.29 is 13.2 Å². The highest BCUT2D eigenvalue weighted by atomic mass is 32.2. The third-order valence-corrected chi connectivity index (χ3v) is 9.79. The van der Waals surface area contributed by atoms with Gasteiger partial charge in [0, 0.05) is 10.9 Å². The lowest BCUT2D eigenvalue weighted by Crippen LogP contribution is -2.36. The van der Waals surface area contributed by atoms with E-state index in [0.29, 0.717) is 22.7 Å². The molecule has 1 N–H and O–H groups in total. The Hall–Kier alpha value is -2.17. The molecule has 2 aliphatic rings.